The predicted molar refractivity (Wildman–Crippen MR) is 88.5 cm³/mol. The molecule has 0 saturated heterocycles. The lowest BCUT2D eigenvalue weighted by atomic mass is 10.1. The van der Waals surface area contributed by atoms with Crippen molar-refractivity contribution in [1.29, 1.82) is 0 Å². The summed E-state index contributed by atoms with van der Waals surface area (Å²) in [7, 11) is 1.63. The van der Waals surface area contributed by atoms with E-state index in [9.17, 15) is 14.7 Å². The van der Waals surface area contributed by atoms with Gasteiger partial charge in [0, 0.05) is 36.8 Å². The Bertz CT molecular complexity index is 634. The number of halogens is 1. The SMILES string of the molecule is CN(CC1CCCC1O)C(=O)C(=O)N1CCc2c(Cl)cccc21. The molecule has 0 aromatic heterocycles. The van der Waals surface area contributed by atoms with Crippen molar-refractivity contribution < 1.29 is 14.7 Å². The molecule has 6 heteroatoms. The van der Waals surface area contributed by atoms with Crippen LogP contribution in [0, 0.1) is 5.92 Å². The molecule has 1 aliphatic carbocycles. The summed E-state index contributed by atoms with van der Waals surface area (Å²) in [4.78, 5) is 27.9. The molecular weight excluding hydrogens is 316 g/mol. The van der Waals surface area contributed by atoms with Gasteiger partial charge in [-0.1, -0.05) is 24.1 Å². The quantitative estimate of drug-likeness (QED) is 0.838. The number of likely N-dealkylation sites (N-methyl/N-ethyl adjacent to an activating group) is 1. The summed E-state index contributed by atoms with van der Waals surface area (Å²) >= 11 is 6.15. The second-order valence-corrected chi connectivity index (χ2v) is 6.80. The van der Waals surface area contributed by atoms with E-state index in [1.54, 1.807) is 19.2 Å². The lowest BCUT2D eigenvalue weighted by molar-refractivity contribution is -0.144. The van der Waals surface area contributed by atoms with E-state index in [1.165, 1.54) is 9.80 Å². The molecule has 5 nitrogen and oxygen atoms in total. The highest BCUT2D eigenvalue weighted by molar-refractivity contribution is 6.41. The first-order valence-electron chi connectivity index (χ1n) is 8.01. The van der Waals surface area contributed by atoms with E-state index in [0.29, 0.717) is 24.5 Å². The molecule has 2 unspecified atom stereocenters. The summed E-state index contributed by atoms with van der Waals surface area (Å²) in [5.74, 6) is -0.991. The van der Waals surface area contributed by atoms with Gasteiger partial charge in [0.05, 0.1) is 6.10 Å². The molecule has 1 fully saturated rings. The number of carbonyl (C=O) groups is 2. The van der Waals surface area contributed by atoms with Gasteiger partial charge < -0.3 is 14.9 Å². The van der Waals surface area contributed by atoms with Crippen LogP contribution in [0.5, 0.6) is 0 Å². The maximum absolute atomic E-state index is 12.5. The van der Waals surface area contributed by atoms with Crippen molar-refractivity contribution in [3.63, 3.8) is 0 Å². The van der Waals surface area contributed by atoms with Crippen LogP contribution < -0.4 is 4.90 Å². The largest absolute Gasteiger partial charge is 0.393 e. The minimum atomic E-state index is -0.531. The van der Waals surface area contributed by atoms with E-state index >= 15 is 0 Å². The minimum Gasteiger partial charge on any atom is -0.393 e. The second kappa shape index (κ2) is 6.49. The normalized spacial score (nSPS) is 23.0. The van der Waals surface area contributed by atoms with E-state index in [-0.39, 0.29) is 12.0 Å². The number of carbonyl (C=O) groups excluding carboxylic acids is 2. The first-order chi connectivity index (χ1) is 11.0. The van der Waals surface area contributed by atoms with E-state index in [0.717, 1.165) is 30.5 Å². The van der Waals surface area contributed by atoms with Crippen LogP contribution in [0.2, 0.25) is 5.02 Å². The summed E-state index contributed by atoms with van der Waals surface area (Å²) in [6.45, 7) is 0.894. The average molecular weight is 337 g/mol. The third-order valence-electron chi connectivity index (χ3n) is 4.87. The molecule has 2 aliphatic rings. The second-order valence-electron chi connectivity index (χ2n) is 6.39. The van der Waals surface area contributed by atoms with E-state index < -0.39 is 11.8 Å². The lowest BCUT2D eigenvalue weighted by Gasteiger charge is -2.25. The topological polar surface area (TPSA) is 60.9 Å². The molecule has 2 atom stereocenters. The fourth-order valence-corrected chi connectivity index (χ4v) is 3.81. The van der Waals surface area contributed by atoms with Crippen molar-refractivity contribution in [3.05, 3.63) is 28.8 Å². The Kier molecular flexibility index (Phi) is 4.60. The van der Waals surface area contributed by atoms with Crippen LogP contribution in [0.25, 0.3) is 0 Å². The highest BCUT2D eigenvalue weighted by Crippen LogP contribution is 2.33. The van der Waals surface area contributed by atoms with Crippen LogP contribution in [-0.2, 0) is 16.0 Å². The minimum absolute atomic E-state index is 0.0667. The number of benzene rings is 1. The Morgan fingerprint density at radius 1 is 1.39 bits per heavy atom. The van der Waals surface area contributed by atoms with Crippen molar-refractivity contribution in [2.75, 3.05) is 25.0 Å². The number of anilines is 1. The summed E-state index contributed by atoms with van der Waals surface area (Å²) in [6.07, 6.45) is 2.94. The monoisotopic (exact) mass is 336 g/mol. The fraction of sp³-hybridized carbons (Fsp3) is 0.529. The molecule has 0 spiro atoms. The Morgan fingerprint density at radius 2 is 2.17 bits per heavy atom. The maximum atomic E-state index is 12.5. The van der Waals surface area contributed by atoms with E-state index in [4.69, 9.17) is 11.6 Å². The zero-order valence-corrected chi connectivity index (χ0v) is 13.9. The highest BCUT2D eigenvalue weighted by Gasteiger charge is 2.34. The van der Waals surface area contributed by atoms with Crippen LogP contribution in [0.15, 0.2) is 18.2 Å². The Labute approximate surface area is 140 Å². The molecule has 0 bridgehead atoms. The molecule has 1 saturated carbocycles. The van der Waals surface area contributed by atoms with Gasteiger partial charge in [0.2, 0.25) is 0 Å². The van der Waals surface area contributed by atoms with Crippen molar-refractivity contribution in [3.8, 4) is 0 Å². The number of aliphatic hydroxyl groups is 1. The van der Waals surface area contributed by atoms with Crippen molar-refractivity contribution in [2.45, 2.75) is 31.8 Å². The summed E-state index contributed by atoms with van der Waals surface area (Å²) in [6, 6.07) is 5.40. The van der Waals surface area contributed by atoms with Gasteiger partial charge in [-0.25, -0.2) is 0 Å². The van der Waals surface area contributed by atoms with Crippen molar-refractivity contribution >= 4 is 29.1 Å². The number of fused-ring (bicyclic) bond motifs is 1. The molecule has 1 aromatic carbocycles. The van der Waals surface area contributed by atoms with Gasteiger partial charge in [0.15, 0.2) is 0 Å². The summed E-state index contributed by atoms with van der Waals surface area (Å²) < 4.78 is 0. The lowest BCUT2D eigenvalue weighted by Crippen LogP contribution is -2.45. The third-order valence-corrected chi connectivity index (χ3v) is 5.23. The van der Waals surface area contributed by atoms with Crippen LogP contribution in [0.3, 0.4) is 0 Å². The highest BCUT2D eigenvalue weighted by atomic mass is 35.5. The average Bonchev–Trinajstić information content (AvgIpc) is 3.13. The van der Waals surface area contributed by atoms with E-state index in [1.807, 2.05) is 6.07 Å². The molecule has 2 amide bonds. The Hall–Kier alpha value is -1.59. The van der Waals surface area contributed by atoms with Crippen molar-refractivity contribution in [2.24, 2.45) is 5.92 Å². The van der Waals surface area contributed by atoms with E-state index in [2.05, 4.69) is 0 Å². The number of hydrogen-bond donors (Lipinski definition) is 1. The van der Waals surface area contributed by atoms with Gasteiger partial charge in [0.25, 0.3) is 0 Å². The van der Waals surface area contributed by atoms with Gasteiger partial charge in [-0.2, -0.15) is 0 Å². The van der Waals surface area contributed by atoms with Gasteiger partial charge >= 0.3 is 11.8 Å². The smallest absolute Gasteiger partial charge is 0.316 e. The molecule has 124 valence electrons. The van der Waals surface area contributed by atoms with Crippen LogP contribution >= 0.6 is 11.6 Å². The fourth-order valence-electron chi connectivity index (χ4n) is 3.55. The number of rotatable bonds is 2. The number of nitrogens with zero attached hydrogens (tertiary/aromatic N) is 2. The van der Waals surface area contributed by atoms with Crippen LogP contribution in [0.4, 0.5) is 5.69 Å². The third kappa shape index (κ3) is 3.08. The molecule has 1 aromatic rings. The molecule has 1 heterocycles. The van der Waals surface area contributed by atoms with Crippen molar-refractivity contribution in [1.82, 2.24) is 4.90 Å². The Balaban J connectivity index is 1.69. The van der Waals surface area contributed by atoms with Crippen LogP contribution in [-0.4, -0.2) is 48.1 Å². The van der Waals surface area contributed by atoms with Crippen LogP contribution in [0.1, 0.15) is 24.8 Å². The van der Waals surface area contributed by atoms with Gasteiger partial charge in [-0.3, -0.25) is 9.59 Å². The van der Waals surface area contributed by atoms with Gasteiger partial charge in [-0.05, 0) is 37.0 Å². The molecule has 3 rings (SSSR count). The summed E-state index contributed by atoms with van der Waals surface area (Å²) in [5.41, 5.74) is 1.65. The number of amides is 2. The Morgan fingerprint density at radius 3 is 2.87 bits per heavy atom. The zero-order chi connectivity index (χ0) is 16.6. The van der Waals surface area contributed by atoms with Gasteiger partial charge in [-0.15, -0.1) is 0 Å². The predicted octanol–water partition coefficient (Wildman–Crippen LogP) is 1.85. The number of aliphatic hydroxyl groups excluding tert-OH is 1. The van der Waals surface area contributed by atoms with Gasteiger partial charge in [0.1, 0.15) is 0 Å². The maximum Gasteiger partial charge on any atom is 0.316 e. The zero-order valence-electron chi connectivity index (χ0n) is 13.2. The first kappa shape index (κ1) is 16.3. The first-order valence-corrected chi connectivity index (χ1v) is 8.39. The molecule has 1 N–H and O–H groups in total. The molecule has 23 heavy (non-hydrogen) atoms. The number of hydrogen-bond acceptors (Lipinski definition) is 3. The standard InChI is InChI=1S/C17H21ClN2O3/c1-19(10-11-4-2-7-15(11)21)16(22)17(23)20-9-8-12-13(18)5-3-6-14(12)20/h3,5-6,11,15,21H,2,4,7-10H2,1H3. The summed E-state index contributed by atoms with van der Waals surface area (Å²) in [5, 5.41) is 10.5. The molecule has 0 radical (unpaired) electrons. The molecule has 1 aliphatic heterocycles. The molecular formula is C17H21ClN2O3.